The topological polar surface area (TPSA) is 121 Å². The number of nitrogens with zero attached hydrogens (tertiary/aromatic N) is 4. The first-order valence-electron chi connectivity index (χ1n) is 7.85. The van der Waals surface area contributed by atoms with E-state index in [-0.39, 0.29) is 23.3 Å². The molecule has 0 aliphatic carbocycles. The van der Waals surface area contributed by atoms with E-state index in [4.69, 9.17) is 0 Å². The second kappa shape index (κ2) is 7.12. The van der Waals surface area contributed by atoms with Gasteiger partial charge in [0.1, 0.15) is 18.1 Å². The monoisotopic (exact) mass is 343 g/mol. The maximum absolute atomic E-state index is 12.3. The minimum absolute atomic E-state index is 0.0348. The Labute approximate surface area is 143 Å². The van der Waals surface area contributed by atoms with Crippen LogP contribution < -0.4 is 10.2 Å². The molecule has 1 aliphatic heterocycles. The number of piperidine rings is 1. The number of phenolic OH excluding ortho intramolecular Hbond substituents is 1. The zero-order chi connectivity index (χ0) is 17.8. The Hall–Kier alpha value is -3.23. The molecule has 2 aromatic rings. The number of nitro groups is 1. The molecule has 1 fully saturated rings. The summed E-state index contributed by atoms with van der Waals surface area (Å²) < 4.78 is 0. The summed E-state index contributed by atoms with van der Waals surface area (Å²) in [5.74, 6) is 0.150. The summed E-state index contributed by atoms with van der Waals surface area (Å²) in [5.41, 5.74) is 0.245. The summed E-state index contributed by atoms with van der Waals surface area (Å²) in [4.78, 5) is 32.3. The minimum Gasteiger partial charge on any atom is -0.506 e. The van der Waals surface area contributed by atoms with Crippen molar-refractivity contribution in [3.8, 4) is 5.75 Å². The van der Waals surface area contributed by atoms with Crippen LogP contribution in [0.15, 0.2) is 36.7 Å². The van der Waals surface area contributed by atoms with E-state index in [9.17, 15) is 20.0 Å². The lowest BCUT2D eigenvalue weighted by atomic mass is 9.96. The first-order chi connectivity index (χ1) is 12.0. The quantitative estimate of drug-likeness (QED) is 0.494. The number of rotatable bonds is 4. The Bertz CT molecular complexity index is 772. The van der Waals surface area contributed by atoms with E-state index < -0.39 is 4.92 Å². The number of hydrogen-bond acceptors (Lipinski definition) is 7. The molecule has 0 bridgehead atoms. The van der Waals surface area contributed by atoms with Crippen molar-refractivity contribution in [2.24, 2.45) is 5.92 Å². The summed E-state index contributed by atoms with van der Waals surface area (Å²) in [6.07, 6.45) is 3.58. The molecule has 1 aromatic heterocycles. The van der Waals surface area contributed by atoms with E-state index in [0.29, 0.717) is 37.6 Å². The molecule has 1 aromatic carbocycles. The number of carbonyl (C=O) groups is 1. The van der Waals surface area contributed by atoms with Gasteiger partial charge in [0.05, 0.1) is 10.6 Å². The second-order valence-corrected chi connectivity index (χ2v) is 5.77. The van der Waals surface area contributed by atoms with Gasteiger partial charge in [-0.15, -0.1) is 0 Å². The van der Waals surface area contributed by atoms with E-state index in [1.807, 2.05) is 4.90 Å². The van der Waals surface area contributed by atoms with E-state index in [1.54, 1.807) is 18.2 Å². The summed E-state index contributed by atoms with van der Waals surface area (Å²) in [5, 5.41) is 23.1. The highest BCUT2D eigenvalue weighted by atomic mass is 16.6. The van der Waals surface area contributed by atoms with E-state index >= 15 is 0 Å². The maximum Gasteiger partial charge on any atom is 0.305 e. The van der Waals surface area contributed by atoms with Crippen LogP contribution in [0.4, 0.5) is 17.3 Å². The van der Waals surface area contributed by atoms with Gasteiger partial charge in [0.25, 0.3) is 0 Å². The summed E-state index contributed by atoms with van der Waals surface area (Å²) in [7, 11) is 0. The number of carbonyl (C=O) groups excluding carboxylic acids is 1. The maximum atomic E-state index is 12.3. The average Bonchev–Trinajstić information content (AvgIpc) is 2.64. The smallest absolute Gasteiger partial charge is 0.305 e. The van der Waals surface area contributed by atoms with E-state index in [0.717, 1.165) is 0 Å². The van der Waals surface area contributed by atoms with Crippen molar-refractivity contribution < 1.29 is 14.8 Å². The molecule has 1 amide bonds. The fourth-order valence-electron chi connectivity index (χ4n) is 2.73. The highest BCUT2D eigenvalue weighted by molar-refractivity contribution is 5.94. The van der Waals surface area contributed by atoms with Gasteiger partial charge in [-0.25, -0.2) is 9.97 Å². The van der Waals surface area contributed by atoms with Gasteiger partial charge in [0, 0.05) is 19.0 Å². The Balaban J connectivity index is 1.57. The summed E-state index contributed by atoms with van der Waals surface area (Å²) in [6, 6.07) is 6.59. The molecule has 2 heterocycles. The van der Waals surface area contributed by atoms with Crippen LogP contribution >= 0.6 is 0 Å². The van der Waals surface area contributed by atoms with Crippen molar-refractivity contribution in [2.75, 3.05) is 23.3 Å². The molecular formula is C16H17N5O4. The van der Waals surface area contributed by atoms with Gasteiger partial charge in [-0.2, -0.15) is 0 Å². The van der Waals surface area contributed by atoms with Crippen LogP contribution in [-0.4, -0.2) is 39.0 Å². The Morgan fingerprint density at radius 2 is 1.88 bits per heavy atom. The van der Waals surface area contributed by atoms with Crippen LogP contribution in [0.5, 0.6) is 5.75 Å². The fraction of sp³-hybridized carbons (Fsp3) is 0.312. The third-order valence-corrected chi connectivity index (χ3v) is 4.15. The Morgan fingerprint density at radius 3 is 2.48 bits per heavy atom. The first kappa shape index (κ1) is 16.6. The molecule has 9 heteroatoms. The van der Waals surface area contributed by atoms with Crippen molar-refractivity contribution in [3.63, 3.8) is 0 Å². The number of anilines is 2. The molecule has 130 valence electrons. The van der Waals surface area contributed by atoms with Gasteiger partial charge in [0.2, 0.25) is 11.9 Å². The van der Waals surface area contributed by atoms with Crippen molar-refractivity contribution in [1.29, 1.82) is 0 Å². The molecule has 0 unspecified atom stereocenters. The molecule has 0 spiro atoms. The van der Waals surface area contributed by atoms with Crippen LogP contribution in [0.25, 0.3) is 0 Å². The highest BCUT2D eigenvalue weighted by Gasteiger charge is 2.26. The predicted octanol–water partition coefficient (Wildman–Crippen LogP) is 1.95. The largest absolute Gasteiger partial charge is 0.506 e. The van der Waals surface area contributed by atoms with Crippen LogP contribution in [0.3, 0.4) is 0 Å². The molecule has 25 heavy (non-hydrogen) atoms. The number of benzene rings is 1. The number of nitrogens with one attached hydrogen (secondary N) is 1. The van der Waals surface area contributed by atoms with Crippen LogP contribution in [0.1, 0.15) is 12.8 Å². The minimum atomic E-state index is -0.542. The van der Waals surface area contributed by atoms with Gasteiger partial charge < -0.3 is 15.3 Å². The molecule has 9 nitrogen and oxygen atoms in total. The summed E-state index contributed by atoms with van der Waals surface area (Å²) in [6.45, 7) is 1.16. The second-order valence-electron chi connectivity index (χ2n) is 5.77. The van der Waals surface area contributed by atoms with Gasteiger partial charge in [-0.1, -0.05) is 12.1 Å². The van der Waals surface area contributed by atoms with Crippen LogP contribution in [-0.2, 0) is 4.79 Å². The molecule has 3 rings (SSSR count). The number of phenols is 1. The zero-order valence-electron chi connectivity index (χ0n) is 13.3. The molecule has 0 atom stereocenters. The molecular weight excluding hydrogens is 326 g/mol. The molecule has 1 saturated heterocycles. The molecule has 1 aliphatic rings. The van der Waals surface area contributed by atoms with Gasteiger partial charge in [0.15, 0.2) is 0 Å². The first-order valence-corrected chi connectivity index (χ1v) is 7.85. The lowest BCUT2D eigenvalue weighted by Gasteiger charge is -2.31. The number of amides is 1. The number of aromatic hydroxyl groups is 1. The number of hydrogen-bond donors (Lipinski definition) is 2. The lowest BCUT2D eigenvalue weighted by molar-refractivity contribution is -0.385. The number of para-hydroxylation sites is 2. The van der Waals surface area contributed by atoms with Crippen LogP contribution in [0, 0.1) is 16.0 Å². The average molecular weight is 343 g/mol. The lowest BCUT2D eigenvalue weighted by Crippen LogP contribution is -2.39. The van der Waals surface area contributed by atoms with Gasteiger partial charge >= 0.3 is 5.69 Å². The van der Waals surface area contributed by atoms with Crippen molar-refractivity contribution in [3.05, 3.63) is 46.8 Å². The van der Waals surface area contributed by atoms with Crippen molar-refractivity contribution in [2.45, 2.75) is 12.8 Å². The van der Waals surface area contributed by atoms with Crippen molar-refractivity contribution in [1.82, 2.24) is 9.97 Å². The van der Waals surface area contributed by atoms with Crippen molar-refractivity contribution >= 4 is 23.2 Å². The standard InChI is InChI=1S/C16H17N5O4/c22-14-4-2-1-3-13(14)19-15(23)11-5-7-20(8-6-11)16-17-9-12(10-18-16)21(24)25/h1-4,9-11,22H,5-8H2,(H,19,23). The Kier molecular flexibility index (Phi) is 4.73. The third-order valence-electron chi connectivity index (χ3n) is 4.15. The fourth-order valence-corrected chi connectivity index (χ4v) is 2.73. The van der Waals surface area contributed by atoms with Gasteiger partial charge in [-0.3, -0.25) is 14.9 Å². The zero-order valence-corrected chi connectivity index (χ0v) is 13.3. The predicted molar refractivity (Wildman–Crippen MR) is 90.4 cm³/mol. The molecule has 2 N–H and O–H groups in total. The van der Waals surface area contributed by atoms with E-state index in [1.165, 1.54) is 18.5 Å². The third kappa shape index (κ3) is 3.82. The highest BCUT2D eigenvalue weighted by Crippen LogP contribution is 2.26. The van der Waals surface area contributed by atoms with Crippen LogP contribution in [0.2, 0.25) is 0 Å². The molecule has 0 radical (unpaired) electrons. The van der Waals surface area contributed by atoms with E-state index in [2.05, 4.69) is 15.3 Å². The SMILES string of the molecule is O=C(Nc1ccccc1O)C1CCN(c2ncc([N+](=O)[O-])cn2)CC1. The Morgan fingerprint density at radius 1 is 1.24 bits per heavy atom. The summed E-state index contributed by atoms with van der Waals surface area (Å²) >= 11 is 0. The van der Waals surface area contributed by atoms with Gasteiger partial charge in [-0.05, 0) is 25.0 Å². The number of aromatic nitrogens is 2. The molecule has 0 saturated carbocycles. The normalized spacial score (nSPS) is 15.0.